The minimum absolute atomic E-state index is 0.250. The van der Waals surface area contributed by atoms with Crippen molar-refractivity contribution in [2.45, 2.75) is 13.0 Å². The summed E-state index contributed by atoms with van der Waals surface area (Å²) in [6, 6.07) is 5.97. The minimum Gasteiger partial charge on any atom is -0.382 e. The van der Waals surface area contributed by atoms with E-state index in [4.69, 9.17) is 16.3 Å². The number of hydrogen-bond donors (Lipinski definition) is 3. The Balaban J connectivity index is 1.81. The zero-order valence-corrected chi connectivity index (χ0v) is 14.9. The fraction of sp³-hybridized carbons (Fsp3) is 0.250. The van der Waals surface area contributed by atoms with E-state index in [2.05, 4.69) is 35.8 Å². The minimum atomic E-state index is -0.407. The fourth-order valence-electron chi connectivity index (χ4n) is 2.28. The first kappa shape index (κ1) is 18.0. The van der Waals surface area contributed by atoms with Gasteiger partial charge >= 0.3 is 0 Å². The molecule has 1 unspecified atom stereocenters. The van der Waals surface area contributed by atoms with Crippen LogP contribution in [-0.4, -0.2) is 38.9 Å². The molecule has 0 radical (unpaired) electrons. The summed E-state index contributed by atoms with van der Waals surface area (Å²) < 4.78 is 18.3. The first-order valence-electron chi connectivity index (χ1n) is 7.74. The second kappa shape index (κ2) is 8.07. The van der Waals surface area contributed by atoms with Crippen molar-refractivity contribution in [3.63, 3.8) is 0 Å². The van der Waals surface area contributed by atoms with Gasteiger partial charge in [0.05, 0.1) is 24.5 Å². The van der Waals surface area contributed by atoms with Crippen LogP contribution >= 0.6 is 11.6 Å². The van der Waals surface area contributed by atoms with Crippen molar-refractivity contribution in [1.82, 2.24) is 25.1 Å². The maximum Gasteiger partial charge on any atom is 0.231 e. The molecule has 3 heterocycles. The first-order chi connectivity index (χ1) is 12.5. The molecule has 0 aromatic carbocycles. The molecule has 8 nitrogen and oxygen atoms in total. The SMILES string of the molecule is COCC(Nc1cc(Cl)nc(Nc2cc(C)[nH]n2)n1)c1ccc(F)cn1. The number of aryl methyl sites for hydroxylation is 1. The standard InChI is InChI=1S/C16H17ClFN7O/c1-9-5-15(25-24-9)23-16-21-13(17)6-14(22-16)20-12(8-26-2)11-4-3-10(18)7-19-11/h3-7,12H,8H2,1-2H3,(H3,20,21,22,23,24,25). The number of pyridine rings is 1. The summed E-state index contributed by atoms with van der Waals surface area (Å²) in [5.74, 6) is 0.919. The van der Waals surface area contributed by atoms with Gasteiger partial charge in [-0.1, -0.05) is 11.6 Å². The zero-order chi connectivity index (χ0) is 18.5. The topological polar surface area (TPSA) is 101 Å². The van der Waals surface area contributed by atoms with Crippen molar-refractivity contribution >= 4 is 29.2 Å². The Labute approximate surface area is 154 Å². The molecule has 1 atom stereocenters. The third-order valence-corrected chi connectivity index (χ3v) is 3.60. The second-order valence-corrected chi connectivity index (χ2v) is 5.90. The van der Waals surface area contributed by atoms with Crippen molar-refractivity contribution in [1.29, 1.82) is 0 Å². The highest BCUT2D eigenvalue weighted by Gasteiger charge is 2.15. The number of nitrogens with zero attached hydrogens (tertiary/aromatic N) is 4. The van der Waals surface area contributed by atoms with Gasteiger partial charge in [0.1, 0.15) is 16.8 Å². The Morgan fingerprint density at radius 2 is 2.12 bits per heavy atom. The van der Waals surface area contributed by atoms with E-state index in [1.807, 2.05) is 13.0 Å². The van der Waals surface area contributed by atoms with Crippen LogP contribution in [0.3, 0.4) is 0 Å². The quantitative estimate of drug-likeness (QED) is 0.543. The number of methoxy groups -OCH3 is 1. The number of aromatic amines is 1. The third kappa shape index (κ3) is 4.64. The number of H-pyrrole nitrogens is 1. The molecule has 3 aromatic rings. The second-order valence-electron chi connectivity index (χ2n) is 5.51. The molecule has 0 saturated carbocycles. The van der Waals surface area contributed by atoms with Gasteiger partial charge in [-0.3, -0.25) is 10.1 Å². The van der Waals surface area contributed by atoms with Crippen LogP contribution in [0.2, 0.25) is 5.15 Å². The molecule has 0 bridgehead atoms. The summed E-state index contributed by atoms with van der Waals surface area (Å²) >= 11 is 6.09. The normalized spacial score (nSPS) is 12.0. The summed E-state index contributed by atoms with van der Waals surface area (Å²) in [6.07, 6.45) is 1.15. The van der Waals surface area contributed by atoms with Crippen LogP contribution in [-0.2, 0) is 4.74 Å². The molecule has 0 aliphatic rings. The average molecular weight is 378 g/mol. The molecule has 3 aromatic heterocycles. The molecule has 0 fully saturated rings. The van der Waals surface area contributed by atoms with Gasteiger partial charge in [-0.15, -0.1) is 0 Å². The monoisotopic (exact) mass is 377 g/mol. The molecule has 136 valence electrons. The maximum absolute atomic E-state index is 13.1. The molecule has 0 aliphatic heterocycles. The predicted octanol–water partition coefficient (Wildman–Crippen LogP) is 3.24. The van der Waals surface area contributed by atoms with E-state index in [-0.39, 0.29) is 17.1 Å². The molecule has 3 N–H and O–H groups in total. The number of aromatic nitrogens is 5. The van der Waals surface area contributed by atoms with Crippen molar-refractivity contribution in [2.24, 2.45) is 0 Å². The van der Waals surface area contributed by atoms with Crippen molar-refractivity contribution in [2.75, 3.05) is 24.4 Å². The lowest BCUT2D eigenvalue weighted by Crippen LogP contribution is -2.18. The Morgan fingerprint density at radius 1 is 1.27 bits per heavy atom. The van der Waals surface area contributed by atoms with Crippen LogP contribution in [0.25, 0.3) is 0 Å². The average Bonchev–Trinajstić information content (AvgIpc) is 2.99. The van der Waals surface area contributed by atoms with Gasteiger partial charge in [0, 0.05) is 24.9 Å². The van der Waals surface area contributed by atoms with Crippen LogP contribution in [0, 0.1) is 12.7 Å². The molecular weight excluding hydrogens is 361 g/mol. The van der Waals surface area contributed by atoms with Crippen molar-refractivity contribution < 1.29 is 9.13 Å². The Bertz CT molecular complexity index is 871. The predicted molar refractivity (Wildman–Crippen MR) is 96.1 cm³/mol. The van der Waals surface area contributed by atoms with Crippen LogP contribution in [0.5, 0.6) is 0 Å². The third-order valence-electron chi connectivity index (χ3n) is 3.40. The molecule has 10 heteroatoms. The van der Waals surface area contributed by atoms with Gasteiger partial charge in [-0.25, -0.2) is 9.37 Å². The highest BCUT2D eigenvalue weighted by atomic mass is 35.5. The van der Waals surface area contributed by atoms with E-state index in [0.717, 1.165) is 11.9 Å². The van der Waals surface area contributed by atoms with E-state index in [0.29, 0.717) is 23.9 Å². The van der Waals surface area contributed by atoms with Gasteiger partial charge in [0.15, 0.2) is 5.82 Å². The summed E-state index contributed by atoms with van der Waals surface area (Å²) in [7, 11) is 1.57. The highest BCUT2D eigenvalue weighted by Crippen LogP contribution is 2.22. The Hall–Kier alpha value is -2.78. The van der Waals surface area contributed by atoms with Gasteiger partial charge in [0.25, 0.3) is 0 Å². The van der Waals surface area contributed by atoms with Gasteiger partial charge < -0.3 is 15.4 Å². The van der Waals surface area contributed by atoms with Crippen LogP contribution in [0.15, 0.2) is 30.5 Å². The van der Waals surface area contributed by atoms with Gasteiger partial charge in [-0.05, 0) is 19.1 Å². The number of rotatable bonds is 7. The highest BCUT2D eigenvalue weighted by molar-refractivity contribution is 6.29. The lowest BCUT2D eigenvalue weighted by Gasteiger charge is -2.18. The largest absolute Gasteiger partial charge is 0.382 e. The van der Waals surface area contributed by atoms with Crippen LogP contribution < -0.4 is 10.6 Å². The van der Waals surface area contributed by atoms with Crippen LogP contribution in [0.4, 0.5) is 22.0 Å². The van der Waals surface area contributed by atoms with Crippen LogP contribution in [0.1, 0.15) is 17.4 Å². The number of anilines is 3. The van der Waals surface area contributed by atoms with E-state index in [1.165, 1.54) is 6.07 Å². The molecule has 3 rings (SSSR count). The first-order valence-corrected chi connectivity index (χ1v) is 8.12. The number of hydrogen-bond acceptors (Lipinski definition) is 7. The molecule has 0 spiro atoms. The molecule has 0 amide bonds. The maximum atomic E-state index is 13.1. The van der Waals surface area contributed by atoms with Gasteiger partial charge in [0.2, 0.25) is 5.95 Å². The lowest BCUT2D eigenvalue weighted by atomic mass is 10.2. The van der Waals surface area contributed by atoms with E-state index >= 15 is 0 Å². The lowest BCUT2D eigenvalue weighted by molar-refractivity contribution is 0.185. The smallest absolute Gasteiger partial charge is 0.231 e. The van der Waals surface area contributed by atoms with E-state index < -0.39 is 5.82 Å². The fourth-order valence-corrected chi connectivity index (χ4v) is 2.47. The molecule has 26 heavy (non-hydrogen) atoms. The number of ether oxygens (including phenoxy) is 1. The Morgan fingerprint density at radius 3 is 2.77 bits per heavy atom. The van der Waals surface area contributed by atoms with Gasteiger partial charge in [-0.2, -0.15) is 10.1 Å². The number of nitrogens with one attached hydrogen (secondary N) is 3. The summed E-state index contributed by atoms with van der Waals surface area (Å²) in [5, 5.41) is 13.3. The molecule has 0 aliphatic carbocycles. The van der Waals surface area contributed by atoms with E-state index in [9.17, 15) is 4.39 Å². The molecular formula is C16H17ClFN7O. The molecule has 0 saturated heterocycles. The number of halogens is 2. The van der Waals surface area contributed by atoms with Crippen molar-refractivity contribution in [3.05, 3.63) is 52.8 Å². The van der Waals surface area contributed by atoms with Crippen molar-refractivity contribution in [3.8, 4) is 0 Å². The summed E-state index contributed by atoms with van der Waals surface area (Å²) in [4.78, 5) is 12.6. The Kier molecular flexibility index (Phi) is 5.59. The zero-order valence-electron chi connectivity index (χ0n) is 14.1. The summed E-state index contributed by atoms with van der Waals surface area (Å²) in [5.41, 5.74) is 1.51. The summed E-state index contributed by atoms with van der Waals surface area (Å²) in [6.45, 7) is 2.19. The van der Waals surface area contributed by atoms with E-state index in [1.54, 1.807) is 19.2 Å².